The van der Waals surface area contributed by atoms with E-state index in [0.717, 1.165) is 11.3 Å². The molecule has 0 heterocycles. The van der Waals surface area contributed by atoms with Crippen molar-refractivity contribution < 1.29 is 4.79 Å². The maximum absolute atomic E-state index is 11.2. The molecule has 0 aromatic heterocycles. The van der Waals surface area contributed by atoms with Crippen LogP contribution in [0, 0.1) is 6.92 Å². The number of primary amides is 1. The normalized spacial score (nSPS) is 10.1. The lowest BCUT2D eigenvalue weighted by Crippen LogP contribution is -2.27. The molecule has 0 unspecified atom stereocenters. The highest BCUT2D eigenvalue weighted by Crippen LogP contribution is 2.20. The molecule has 1 aromatic carbocycles. The third-order valence-electron chi connectivity index (χ3n) is 2.29. The van der Waals surface area contributed by atoms with Gasteiger partial charge < -0.3 is 16.4 Å². The summed E-state index contributed by atoms with van der Waals surface area (Å²) in [6.45, 7) is 3.22. The zero-order valence-electron chi connectivity index (χ0n) is 9.16. The van der Waals surface area contributed by atoms with E-state index in [1.54, 1.807) is 6.07 Å². The lowest BCUT2D eigenvalue weighted by molar-refractivity contribution is 0.100. The van der Waals surface area contributed by atoms with Crippen molar-refractivity contribution in [2.75, 3.05) is 25.0 Å². The summed E-state index contributed by atoms with van der Waals surface area (Å²) in [5, 5.41) is 0. The van der Waals surface area contributed by atoms with Crippen LogP contribution in [0.5, 0.6) is 0 Å². The summed E-state index contributed by atoms with van der Waals surface area (Å²) in [5.41, 5.74) is 13.3. The van der Waals surface area contributed by atoms with Gasteiger partial charge in [0, 0.05) is 25.8 Å². The Balaban J connectivity index is 3.12. The van der Waals surface area contributed by atoms with Gasteiger partial charge in [-0.15, -0.1) is 0 Å². The first-order valence-electron chi connectivity index (χ1n) is 4.88. The number of hydrogen-bond acceptors (Lipinski definition) is 3. The molecule has 0 aliphatic rings. The van der Waals surface area contributed by atoms with E-state index in [2.05, 4.69) is 0 Å². The molecule has 0 bridgehead atoms. The van der Waals surface area contributed by atoms with Gasteiger partial charge >= 0.3 is 0 Å². The summed E-state index contributed by atoms with van der Waals surface area (Å²) in [6, 6.07) is 5.57. The van der Waals surface area contributed by atoms with E-state index >= 15 is 0 Å². The Kier molecular flexibility index (Phi) is 3.68. The first-order valence-corrected chi connectivity index (χ1v) is 4.88. The van der Waals surface area contributed by atoms with Gasteiger partial charge in [0.2, 0.25) is 0 Å². The minimum Gasteiger partial charge on any atom is -0.373 e. The van der Waals surface area contributed by atoms with Gasteiger partial charge in [-0.3, -0.25) is 4.79 Å². The van der Waals surface area contributed by atoms with Gasteiger partial charge in [-0.05, 0) is 24.6 Å². The number of aryl methyl sites for hydroxylation is 1. The number of nitrogens with zero attached hydrogens (tertiary/aromatic N) is 1. The van der Waals surface area contributed by atoms with Crippen LogP contribution in [0.25, 0.3) is 0 Å². The van der Waals surface area contributed by atoms with Gasteiger partial charge in [-0.25, -0.2) is 0 Å². The molecule has 1 amide bonds. The van der Waals surface area contributed by atoms with Crippen molar-refractivity contribution in [1.82, 2.24) is 0 Å². The second-order valence-corrected chi connectivity index (χ2v) is 3.60. The summed E-state index contributed by atoms with van der Waals surface area (Å²) >= 11 is 0. The summed E-state index contributed by atoms with van der Waals surface area (Å²) in [7, 11) is 1.90. The highest BCUT2D eigenvalue weighted by Gasteiger charge is 2.11. The van der Waals surface area contributed by atoms with E-state index in [0.29, 0.717) is 18.7 Å². The number of amides is 1. The van der Waals surface area contributed by atoms with Gasteiger partial charge in [-0.2, -0.15) is 0 Å². The van der Waals surface area contributed by atoms with Crippen LogP contribution in [0.3, 0.4) is 0 Å². The molecule has 0 spiro atoms. The van der Waals surface area contributed by atoms with E-state index in [9.17, 15) is 4.79 Å². The summed E-state index contributed by atoms with van der Waals surface area (Å²) < 4.78 is 0. The van der Waals surface area contributed by atoms with Crippen LogP contribution in [0.2, 0.25) is 0 Å². The van der Waals surface area contributed by atoms with Crippen LogP contribution < -0.4 is 16.4 Å². The lowest BCUT2D eigenvalue weighted by atomic mass is 10.1. The summed E-state index contributed by atoms with van der Waals surface area (Å²) in [4.78, 5) is 13.1. The second kappa shape index (κ2) is 4.79. The topological polar surface area (TPSA) is 72.4 Å². The molecule has 0 atom stereocenters. The van der Waals surface area contributed by atoms with Crippen molar-refractivity contribution in [2.45, 2.75) is 6.92 Å². The van der Waals surface area contributed by atoms with Crippen molar-refractivity contribution in [1.29, 1.82) is 0 Å². The van der Waals surface area contributed by atoms with Gasteiger partial charge in [0.1, 0.15) is 0 Å². The molecule has 4 N–H and O–H groups in total. The highest BCUT2D eigenvalue weighted by molar-refractivity contribution is 5.98. The highest BCUT2D eigenvalue weighted by atomic mass is 16.1. The molecule has 1 aromatic rings. The molecular formula is C11H17N3O. The Labute approximate surface area is 89.9 Å². The fourth-order valence-electron chi connectivity index (χ4n) is 1.48. The lowest BCUT2D eigenvalue weighted by Gasteiger charge is -2.21. The van der Waals surface area contributed by atoms with Crippen LogP contribution in [-0.4, -0.2) is 26.0 Å². The average Bonchev–Trinajstić information content (AvgIpc) is 2.17. The maximum Gasteiger partial charge on any atom is 0.250 e. The Morgan fingerprint density at radius 3 is 2.67 bits per heavy atom. The third kappa shape index (κ3) is 2.70. The van der Waals surface area contributed by atoms with Crippen LogP contribution in [0.1, 0.15) is 15.9 Å². The monoisotopic (exact) mass is 207 g/mol. The SMILES string of the molecule is Cc1ccc(C(N)=O)c(N(C)CCN)c1. The number of carbonyl (C=O) groups is 1. The van der Waals surface area contributed by atoms with Crippen LogP contribution in [0.4, 0.5) is 5.69 Å². The molecule has 0 saturated heterocycles. The standard InChI is InChI=1S/C11H17N3O/c1-8-3-4-9(11(13)15)10(7-8)14(2)6-5-12/h3-4,7H,5-6,12H2,1-2H3,(H2,13,15). The Hall–Kier alpha value is -1.55. The fourth-order valence-corrected chi connectivity index (χ4v) is 1.48. The Morgan fingerprint density at radius 2 is 2.13 bits per heavy atom. The average molecular weight is 207 g/mol. The molecule has 1 rings (SSSR count). The molecule has 15 heavy (non-hydrogen) atoms. The van der Waals surface area contributed by atoms with Crippen LogP contribution in [-0.2, 0) is 0 Å². The number of nitrogens with two attached hydrogens (primary N) is 2. The van der Waals surface area contributed by atoms with Crippen LogP contribution in [0.15, 0.2) is 18.2 Å². The number of anilines is 1. The molecule has 4 nitrogen and oxygen atoms in total. The minimum atomic E-state index is -0.408. The molecule has 0 saturated carbocycles. The van der Waals surface area contributed by atoms with E-state index < -0.39 is 5.91 Å². The molecule has 82 valence electrons. The van der Waals surface area contributed by atoms with Crippen molar-refractivity contribution in [3.05, 3.63) is 29.3 Å². The first kappa shape index (κ1) is 11.5. The van der Waals surface area contributed by atoms with E-state index in [1.165, 1.54) is 0 Å². The van der Waals surface area contributed by atoms with Crippen molar-refractivity contribution in [3.63, 3.8) is 0 Å². The van der Waals surface area contributed by atoms with E-state index in [4.69, 9.17) is 11.5 Å². The van der Waals surface area contributed by atoms with Crippen molar-refractivity contribution in [3.8, 4) is 0 Å². The van der Waals surface area contributed by atoms with Crippen molar-refractivity contribution >= 4 is 11.6 Å². The Morgan fingerprint density at radius 1 is 1.47 bits per heavy atom. The number of hydrogen-bond donors (Lipinski definition) is 2. The predicted molar refractivity (Wildman–Crippen MR) is 62.0 cm³/mol. The minimum absolute atomic E-state index is 0.408. The molecule has 4 heteroatoms. The van der Waals surface area contributed by atoms with Gasteiger partial charge in [0.25, 0.3) is 5.91 Å². The van der Waals surface area contributed by atoms with Gasteiger partial charge in [0.15, 0.2) is 0 Å². The molecule has 0 aliphatic heterocycles. The van der Waals surface area contributed by atoms with Crippen LogP contribution >= 0.6 is 0 Å². The molecule has 0 radical (unpaired) electrons. The number of benzene rings is 1. The predicted octanol–water partition coefficient (Wildman–Crippen LogP) is 0.489. The number of carbonyl (C=O) groups excluding carboxylic acids is 1. The largest absolute Gasteiger partial charge is 0.373 e. The summed E-state index contributed by atoms with van der Waals surface area (Å²) in [5.74, 6) is -0.408. The molecule has 0 aliphatic carbocycles. The molecule has 0 fully saturated rings. The zero-order valence-corrected chi connectivity index (χ0v) is 9.16. The fraction of sp³-hybridized carbons (Fsp3) is 0.364. The second-order valence-electron chi connectivity index (χ2n) is 3.60. The van der Waals surface area contributed by atoms with E-state index in [1.807, 2.05) is 31.0 Å². The Bertz CT molecular complexity index is 363. The first-order chi connectivity index (χ1) is 7.06. The van der Waals surface area contributed by atoms with Gasteiger partial charge in [-0.1, -0.05) is 6.07 Å². The quantitative estimate of drug-likeness (QED) is 0.754. The smallest absolute Gasteiger partial charge is 0.250 e. The molecular weight excluding hydrogens is 190 g/mol. The number of likely N-dealkylation sites (N-methyl/N-ethyl adjacent to an activating group) is 1. The van der Waals surface area contributed by atoms with Gasteiger partial charge in [0.05, 0.1) is 5.56 Å². The van der Waals surface area contributed by atoms with E-state index in [-0.39, 0.29) is 0 Å². The maximum atomic E-state index is 11.2. The third-order valence-corrected chi connectivity index (χ3v) is 2.29. The number of rotatable bonds is 4. The van der Waals surface area contributed by atoms with Crippen molar-refractivity contribution in [2.24, 2.45) is 11.5 Å². The zero-order chi connectivity index (χ0) is 11.4. The summed E-state index contributed by atoms with van der Waals surface area (Å²) in [6.07, 6.45) is 0.